The molecule has 25 heavy (non-hydrogen) atoms. The molecule has 2 aliphatic carbocycles. The summed E-state index contributed by atoms with van der Waals surface area (Å²) in [6.45, 7) is 5.14. The molecule has 3 nitrogen and oxygen atoms in total. The lowest BCUT2D eigenvalue weighted by Gasteiger charge is -2.08. The van der Waals surface area contributed by atoms with Gasteiger partial charge in [-0.3, -0.25) is 0 Å². The third-order valence-electron chi connectivity index (χ3n) is 5.40. The Balaban J connectivity index is 1.54. The summed E-state index contributed by atoms with van der Waals surface area (Å²) in [5, 5.41) is 0. The van der Waals surface area contributed by atoms with Crippen LogP contribution < -0.4 is 0 Å². The predicted molar refractivity (Wildman–Crippen MR) is 104 cm³/mol. The van der Waals surface area contributed by atoms with E-state index in [1.165, 1.54) is 46.8 Å². The number of allylic oxidation sites excluding steroid dienone is 2. The van der Waals surface area contributed by atoms with E-state index in [1.54, 1.807) is 0 Å². The van der Waals surface area contributed by atoms with Gasteiger partial charge >= 0.3 is 0 Å². The number of hydrogen-bond acceptors (Lipinski definition) is 3. The summed E-state index contributed by atoms with van der Waals surface area (Å²) in [7, 11) is 0. The van der Waals surface area contributed by atoms with Crippen molar-refractivity contribution in [3.63, 3.8) is 0 Å². The summed E-state index contributed by atoms with van der Waals surface area (Å²) in [5.74, 6) is 2.57. The van der Waals surface area contributed by atoms with Crippen LogP contribution in [-0.2, 0) is 6.54 Å². The Morgan fingerprint density at radius 3 is 2.64 bits per heavy atom. The highest BCUT2D eigenvalue weighted by Crippen LogP contribution is 2.41. The van der Waals surface area contributed by atoms with Crippen LogP contribution in [0.2, 0.25) is 0 Å². The van der Waals surface area contributed by atoms with Crippen LogP contribution >= 0.6 is 11.3 Å². The maximum Gasteiger partial charge on any atom is 0.160 e. The normalized spacial score (nSPS) is 17.8. The molecule has 5 rings (SSSR count). The van der Waals surface area contributed by atoms with Gasteiger partial charge in [0.25, 0.3) is 0 Å². The SMILES string of the molecule is Cc1cc(C)c2nc(C3CC3)n(Cc3ccc(C4CC=CC4)s3)c2n1. The minimum Gasteiger partial charge on any atom is -0.307 e. The lowest BCUT2D eigenvalue weighted by molar-refractivity contribution is 0.747. The maximum absolute atomic E-state index is 4.99. The van der Waals surface area contributed by atoms with Crippen LogP contribution in [0.15, 0.2) is 30.4 Å². The molecule has 0 unspecified atom stereocenters. The molecule has 1 saturated carbocycles. The fraction of sp³-hybridized carbons (Fsp3) is 0.429. The molecule has 3 heterocycles. The second kappa shape index (κ2) is 5.80. The summed E-state index contributed by atoms with van der Waals surface area (Å²) in [6, 6.07) is 6.79. The number of aromatic nitrogens is 3. The Morgan fingerprint density at radius 1 is 1.08 bits per heavy atom. The van der Waals surface area contributed by atoms with Crippen molar-refractivity contribution in [3.8, 4) is 0 Å². The van der Waals surface area contributed by atoms with Gasteiger partial charge in [0, 0.05) is 27.3 Å². The van der Waals surface area contributed by atoms with Crippen LogP contribution in [0.5, 0.6) is 0 Å². The topological polar surface area (TPSA) is 30.7 Å². The first kappa shape index (κ1) is 15.3. The molecule has 1 fully saturated rings. The fourth-order valence-electron chi connectivity index (χ4n) is 3.93. The van der Waals surface area contributed by atoms with Crippen molar-refractivity contribution in [1.82, 2.24) is 14.5 Å². The van der Waals surface area contributed by atoms with E-state index in [2.05, 4.69) is 48.8 Å². The summed E-state index contributed by atoms with van der Waals surface area (Å²) < 4.78 is 2.38. The number of fused-ring (bicyclic) bond motifs is 1. The van der Waals surface area contributed by atoms with Gasteiger partial charge in [0.15, 0.2) is 5.65 Å². The quantitative estimate of drug-likeness (QED) is 0.585. The number of rotatable bonds is 4. The molecule has 0 spiro atoms. The summed E-state index contributed by atoms with van der Waals surface area (Å²) in [5.41, 5.74) is 4.48. The maximum atomic E-state index is 4.99. The highest BCUT2D eigenvalue weighted by Gasteiger charge is 2.30. The van der Waals surface area contributed by atoms with Gasteiger partial charge in [-0.2, -0.15) is 0 Å². The number of pyridine rings is 1. The molecule has 0 radical (unpaired) electrons. The Bertz CT molecular complexity index is 967. The average Bonchev–Trinajstić information content (AvgIpc) is 3.01. The Labute approximate surface area is 152 Å². The minimum absolute atomic E-state index is 0.632. The largest absolute Gasteiger partial charge is 0.307 e. The third-order valence-corrected chi connectivity index (χ3v) is 6.63. The van der Waals surface area contributed by atoms with E-state index < -0.39 is 0 Å². The molecule has 4 heteroatoms. The molecule has 0 N–H and O–H groups in total. The first-order chi connectivity index (χ1) is 12.2. The van der Waals surface area contributed by atoms with Crippen LogP contribution in [0.25, 0.3) is 11.2 Å². The van der Waals surface area contributed by atoms with Gasteiger partial charge in [0.05, 0.1) is 6.54 Å². The molecule has 0 saturated heterocycles. The molecule has 128 valence electrons. The van der Waals surface area contributed by atoms with E-state index in [9.17, 15) is 0 Å². The van der Waals surface area contributed by atoms with Crippen molar-refractivity contribution in [2.24, 2.45) is 0 Å². The van der Waals surface area contributed by atoms with E-state index in [1.807, 2.05) is 11.3 Å². The zero-order valence-electron chi connectivity index (χ0n) is 14.8. The zero-order chi connectivity index (χ0) is 17.0. The smallest absolute Gasteiger partial charge is 0.160 e. The third kappa shape index (κ3) is 2.73. The lowest BCUT2D eigenvalue weighted by Crippen LogP contribution is -2.04. The first-order valence-electron chi connectivity index (χ1n) is 9.27. The van der Waals surface area contributed by atoms with Crippen LogP contribution in [-0.4, -0.2) is 14.5 Å². The summed E-state index contributed by atoms with van der Waals surface area (Å²) in [6.07, 6.45) is 9.56. The average molecular weight is 350 g/mol. The molecule has 2 aliphatic rings. The van der Waals surface area contributed by atoms with Crippen LogP contribution in [0, 0.1) is 13.8 Å². The highest BCUT2D eigenvalue weighted by atomic mass is 32.1. The van der Waals surface area contributed by atoms with E-state index in [-0.39, 0.29) is 0 Å². The number of imidazole rings is 1. The highest BCUT2D eigenvalue weighted by molar-refractivity contribution is 7.12. The Hall–Kier alpha value is -1.94. The number of thiophene rings is 1. The van der Waals surface area contributed by atoms with Crippen LogP contribution in [0.4, 0.5) is 0 Å². The van der Waals surface area contributed by atoms with Crippen molar-refractivity contribution in [1.29, 1.82) is 0 Å². The van der Waals surface area contributed by atoms with Gasteiger partial charge < -0.3 is 4.57 Å². The van der Waals surface area contributed by atoms with Gasteiger partial charge in [-0.25, -0.2) is 9.97 Å². The molecule has 0 bridgehead atoms. The van der Waals surface area contributed by atoms with Crippen LogP contribution in [0.1, 0.15) is 64.4 Å². The monoisotopic (exact) mass is 349 g/mol. The van der Waals surface area contributed by atoms with Crippen molar-refractivity contribution < 1.29 is 0 Å². The second-order valence-electron chi connectivity index (χ2n) is 7.53. The Kier molecular flexibility index (Phi) is 3.56. The van der Waals surface area contributed by atoms with E-state index in [0.29, 0.717) is 11.8 Å². The summed E-state index contributed by atoms with van der Waals surface area (Å²) in [4.78, 5) is 12.8. The lowest BCUT2D eigenvalue weighted by atomic mass is 10.1. The van der Waals surface area contributed by atoms with Gasteiger partial charge in [0.1, 0.15) is 11.3 Å². The number of aryl methyl sites for hydroxylation is 2. The van der Waals surface area contributed by atoms with Gasteiger partial charge in [-0.05, 0) is 63.3 Å². The fourth-order valence-corrected chi connectivity index (χ4v) is 5.06. The van der Waals surface area contributed by atoms with E-state index >= 15 is 0 Å². The van der Waals surface area contributed by atoms with Crippen molar-refractivity contribution in [3.05, 3.63) is 57.2 Å². The molecule has 3 aromatic heterocycles. The first-order valence-corrected chi connectivity index (χ1v) is 10.1. The van der Waals surface area contributed by atoms with Gasteiger partial charge in [-0.15, -0.1) is 11.3 Å². The standard InChI is InChI=1S/C21H23N3S/c1-13-11-14(2)22-21-19(13)23-20(16-7-8-16)24(21)12-17-9-10-18(25-17)15-5-3-4-6-15/h3-4,9-11,15-16H,5-8,12H2,1-2H3. The predicted octanol–water partition coefficient (Wildman–Crippen LogP) is 5.47. The van der Waals surface area contributed by atoms with Crippen molar-refractivity contribution in [2.45, 2.75) is 57.9 Å². The van der Waals surface area contributed by atoms with Gasteiger partial charge in [0.2, 0.25) is 0 Å². The number of hydrogen-bond donors (Lipinski definition) is 0. The zero-order valence-corrected chi connectivity index (χ0v) is 15.6. The number of nitrogens with zero attached hydrogens (tertiary/aromatic N) is 3. The van der Waals surface area contributed by atoms with E-state index in [0.717, 1.165) is 23.4 Å². The summed E-state index contributed by atoms with van der Waals surface area (Å²) >= 11 is 1.97. The molecule has 0 atom stereocenters. The Morgan fingerprint density at radius 2 is 1.88 bits per heavy atom. The van der Waals surface area contributed by atoms with E-state index in [4.69, 9.17) is 9.97 Å². The molecule has 0 aliphatic heterocycles. The molecular weight excluding hydrogens is 326 g/mol. The second-order valence-corrected chi connectivity index (χ2v) is 8.73. The minimum atomic E-state index is 0.632. The van der Waals surface area contributed by atoms with Crippen molar-refractivity contribution >= 4 is 22.5 Å². The molecule has 0 amide bonds. The van der Waals surface area contributed by atoms with Crippen LogP contribution in [0.3, 0.4) is 0 Å². The molecule has 0 aromatic carbocycles. The van der Waals surface area contributed by atoms with Crippen molar-refractivity contribution in [2.75, 3.05) is 0 Å². The van der Waals surface area contributed by atoms with Gasteiger partial charge in [-0.1, -0.05) is 12.2 Å². The molecular formula is C21H23N3S. The molecule has 3 aromatic rings.